The molecule has 0 aliphatic carbocycles. The van der Waals surface area contributed by atoms with Crippen LogP contribution < -0.4 is 10.1 Å². The number of hydrogen-bond acceptors (Lipinski definition) is 8. The SMILES string of the molecule is COC(=O)c1ccc(CN2C(=O)N/C(=C\c3cc(Br)c(OCc4ccc(Cl)cc4Cl)c([N+](=O)[O-])c3)C2=O)o1. The Labute approximate surface area is 233 Å². The topological polar surface area (TPSA) is 141 Å². The number of amides is 3. The molecule has 196 valence electrons. The number of urea groups is 1. The van der Waals surface area contributed by atoms with Gasteiger partial charge in [-0.2, -0.15) is 0 Å². The van der Waals surface area contributed by atoms with Gasteiger partial charge >= 0.3 is 17.7 Å². The maximum Gasteiger partial charge on any atom is 0.373 e. The van der Waals surface area contributed by atoms with Gasteiger partial charge < -0.3 is 19.2 Å². The zero-order valence-corrected chi connectivity index (χ0v) is 22.4. The summed E-state index contributed by atoms with van der Waals surface area (Å²) in [5.41, 5.74) is 0.323. The van der Waals surface area contributed by atoms with Crippen molar-refractivity contribution in [2.75, 3.05) is 7.11 Å². The number of esters is 1. The Balaban J connectivity index is 1.55. The van der Waals surface area contributed by atoms with E-state index in [4.69, 9.17) is 32.4 Å². The first-order chi connectivity index (χ1) is 18.1. The van der Waals surface area contributed by atoms with E-state index in [9.17, 15) is 24.5 Å². The third kappa shape index (κ3) is 5.82. The number of nitro groups is 1. The number of ether oxygens (including phenoxy) is 2. The van der Waals surface area contributed by atoms with Crippen LogP contribution >= 0.6 is 39.1 Å². The van der Waals surface area contributed by atoms with Crippen LogP contribution in [0, 0.1) is 10.1 Å². The van der Waals surface area contributed by atoms with Crippen molar-refractivity contribution in [1.29, 1.82) is 0 Å². The Morgan fingerprint density at radius 1 is 1.21 bits per heavy atom. The lowest BCUT2D eigenvalue weighted by atomic mass is 10.1. The molecule has 1 saturated heterocycles. The monoisotopic (exact) mass is 623 g/mol. The number of carbonyl (C=O) groups excluding carboxylic acids is 3. The third-order valence-corrected chi connectivity index (χ3v) is 6.44. The molecule has 14 heteroatoms. The van der Waals surface area contributed by atoms with Gasteiger partial charge in [-0.25, -0.2) is 9.59 Å². The fraction of sp³-hybridized carbons (Fsp3) is 0.125. The molecule has 0 atom stereocenters. The maximum absolute atomic E-state index is 12.9. The van der Waals surface area contributed by atoms with E-state index in [1.165, 1.54) is 43.5 Å². The first-order valence-electron chi connectivity index (χ1n) is 10.6. The number of benzene rings is 2. The second-order valence-corrected chi connectivity index (χ2v) is 9.47. The summed E-state index contributed by atoms with van der Waals surface area (Å²) in [5.74, 6) is -1.35. The first kappa shape index (κ1) is 27.2. The lowest BCUT2D eigenvalue weighted by Crippen LogP contribution is -2.30. The summed E-state index contributed by atoms with van der Waals surface area (Å²) in [6.45, 7) is -0.313. The molecule has 0 spiro atoms. The number of rotatable bonds is 8. The number of nitrogens with zero attached hydrogens (tertiary/aromatic N) is 2. The Hall–Kier alpha value is -3.87. The number of carbonyl (C=O) groups is 3. The Morgan fingerprint density at radius 3 is 2.66 bits per heavy atom. The molecule has 4 rings (SSSR count). The number of imide groups is 1. The number of nitrogens with one attached hydrogen (secondary N) is 1. The standard InChI is InChI=1S/C24H16BrCl2N3O8/c1-36-23(32)20-5-4-15(38-20)10-29-22(31)18(28-24(29)33)7-12-6-16(25)21(19(8-12)30(34)35)37-11-13-2-3-14(26)9-17(13)27/h2-9H,10-11H2,1H3,(H,28,33)/b18-7-. The molecule has 0 bridgehead atoms. The maximum atomic E-state index is 12.9. The zero-order chi connectivity index (χ0) is 27.6. The van der Waals surface area contributed by atoms with Crippen molar-refractivity contribution < 1.29 is 33.2 Å². The highest BCUT2D eigenvalue weighted by Gasteiger charge is 2.34. The molecular weight excluding hydrogens is 609 g/mol. The zero-order valence-electron chi connectivity index (χ0n) is 19.3. The van der Waals surface area contributed by atoms with Gasteiger partial charge in [0.1, 0.15) is 18.1 Å². The lowest BCUT2D eigenvalue weighted by Gasteiger charge is -2.11. The highest BCUT2D eigenvalue weighted by Crippen LogP contribution is 2.38. The fourth-order valence-electron chi connectivity index (χ4n) is 3.46. The van der Waals surface area contributed by atoms with E-state index >= 15 is 0 Å². The minimum absolute atomic E-state index is 0.0502. The van der Waals surface area contributed by atoms with E-state index < -0.39 is 22.8 Å². The summed E-state index contributed by atoms with van der Waals surface area (Å²) in [4.78, 5) is 48.8. The number of hydrogen-bond donors (Lipinski definition) is 1. The van der Waals surface area contributed by atoms with E-state index in [-0.39, 0.29) is 51.8 Å². The average Bonchev–Trinajstić information content (AvgIpc) is 3.44. The van der Waals surface area contributed by atoms with Gasteiger partial charge in [0.05, 0.1) is 23.1 Å². The summed E-state index contributed by atoms with van der Waals surface area (Å²) in [6, 6.07) is 9.55. The summed E-state index contributed by atoms with van der Waals surface area (Å²) in [7, 11) is 1.19. The molecule has 0 saturated carbocycles. The molecular formula is C24H16BrCl2N3O8. The van der Waals surface area contributed by atoms with Crippen LogP contribution in [0.15, 0.2) is 57.1 Å². The van der Waals surface area contributed by atoms with Gasteiger partial charge in [-0.3, -0.25) is 19.8 Å². The quantitative estimate of drug-likeness (QED) is 0.110. The van der Waals surface area contributed by atoms with Gasteiger partial charge in [0, 0.05) is 21.7 Å². The normalized spacial score (nSPS) is 14.1. The van der Waals surface area contributed by atoms with Crippen molar-refractivity contribution >= 4 is 68.8 Å². The minimum Gasteiger partial charge on any atom is -0.481 e. The second kappa shape index (κ2) is 11.3. The van der Waals surface area contributed by atoms with Crippen LogP contribution in [0.5, 0.6) is 5.75 Å². The van der Waals surface area contributed by atoms with Crippen LogP contribution in [0.3, 0.4) is 0 Å². The van der Waals surface area contributed by atoms with Crippen molar-refractivity contribution in [3.63, 3.8) is 0 Å². The van der Waals surface area contributed by atoms with E-state index in [1.54, 1.807) is 12.1 Å². The van der Waals surface area contributed by atoms with Crippen LogP contribution in [-0.4, -0.2) is 34.8 Å². The van der Waals surface area contributed by atoms with Gasteiger partial charge in [0.25, 0.3) is 5.91 Å². The second-order valence-electron chi connectivity index (χ2n) is 7.77. The molecule has 1 aliphatic rings. The molecule has 3 amide bonds. The van der Waals surface area contributed by atoms with Crippen molar-refractivity contribution in [1.82, 2.24) is 10.2 Å². The van der Waals surface area contributed by atoms with Crippen molar-refractivity contribution in [2.24, 2.45) is 0 Å². The Kier molecular flexibility index (Phi) is 8.05. The molecule has 1 aromatic heterocycles. The van der Waals surface area contributed by atoms with Crippen molar-refractivity contribution in [2.45, 2.75) is 13.2 Å². The fourth-order valence-corrected chi connectivity index (χ4v) is 4.51. The van der Waals surface area contributed by atoms with E-state index in [1.807, 2.05) is 0 Å². The van der Waals surface area contributed by atoms with Gasteiger partial charge in [0.15, 0.2) is 0 Å². The molecule has 3 aromatic rings. The van der Waals surface area contributed by atoms with Crippen molar-refractivity contribution in [3.8, 4) is 5.75 Å². The van der Waals surface area contributed by atoms with E-state index in [0.29, 0.717) is 15.6 Å². The highest BCUT2D eigenvalue weighted by atomic mass is 79.9. The number of nitro benzene ring substituents is 1. The molecule has 0 unspecified atom stereocenters. The predicted octanol–water partition coefficient (Wildman–Crippen LogP) is 5.72. The highest BCUT2D eigenvalue weighted by molar-refractivity contribution is 9.10. The van der Waals surface area contributed by atoms with Gasteiger partial charge in [-0.1, -0.05) is 29.3 Å². The summed E-state index contributed by atoms with van der Waals surface area (Å²) in [6.07, 6.45) is 1.29. The predicted molar refractivity (Wildman–Crippen MR) is 139 cm³/mol. The van der Waals surface area contributed by atoms with Crippen LogP contribution in [0.4, 0.5) is 10.5 Å². The van der Waals surface area contributed by atoms with Crippen LogP contribution in [0.2, 0.25) is 10.0 Å². The third-order valence-electron chi connectivity index (χ3n) is 5.27. The molecule has 1 N–H and O–H groups in total. The van der Waals surface area contributed by atoms with Crippen LogP contribution in [0.1, 0.15) is 27.4 Å². The molecule has 1 aliphatic heterocycles. The van der Waals surface area contributed by atoms with Crippen molar-refractivity contribution in [3.05, 3.63) is 95.4 Å². The molecule has 38 heavy (non-hydrogen) atoms. The number of halogens is 3. The van der Waals surface area contributed by atoms with Gasteiger partial charge in [-0.05, 0) is 57.9 Å². The van der Waals surface area contributed by atoms with Gasteiger partial charge in [0.2, 0.25) is 11.5 Å². The largest absolute Gasteiger partial charge is 0.481 e. The first-order valence-corrected chi connectivity index (χ1v) is 12.2. The molecule has 1 fully saturated rings. The summed E-state index contributed by atoms with van der Waals surface area (Å²) in [5, 5.41) is 15.0. The van der Waals surface area contributed by atoms with E-state index in [2.05, 4.69) is 26.0 Å². The molecule has 0 radical (unpaired) electrons. The van der Waals surface area contributed by atoms with Crippen LogP contribution in [-0.2, 0) is 22.7 Å². The minimum atomic E-state index is -0.731. The van der Waals surface area contributed by atoms with E-state index in [0.717, 1.165) is 4.90 Å². The lowest BCUT2D eigenvalue weighted by molar-refractivity contribution is -0.386. The Morgan fingerprint density at radius 2 is 1.97 bits per heavy atom. The summed E-state index contributed by atoms with van der Waals surface area (Å²) >= 11 is 15.3. The Bertz CT molecular complexity index is 1500. The smallest absolute Gasteiger partial charge is 0.373 e. The molecule has 2 aromatic carbocycles. The van der Waals surface area contributed by atoms with Gasteiger partial charge in [-0.15, -0.1) is 0 Å². The summed E-state index contributed by atoms with van der Waals surface area (Å²) < 4.78 is 15.8. The number of furan rings is 1. The average molecular weight is 625 g/mol. The molecule has 2 heterocycles. The molecule has 11 nitrogen and oxygen atoms in total. The van der Waals surface area contributed by atoms with Crippen LogP contribution in [0.25, 0.3) is 6.08 Å². The number of methoxy groups -OCH3 is 1.